The molecule has 4 heteroatoms. The van der Waals surface area contributed by atoms with Gasteiger partial charge >= 0.3 is 0 Å². The van der Waals surface area contributed by atoms with Crippen LogP contribution >= 0.6 is 0 Å². The molecule has 1 atom stereocenters. The molecule has 1 saturated heterocycles. The van der Waals surface area contributed by atoms with Crippen molar-refractivity contribution in [3.8, 4) is 0 Å². The van der Waals surface area contributed by atoms with Crippen LogP contribution in [0.1, 0.15) is 39.0 Å². The second-order valence-corrected chi connectivity index (χ2v) is 5.65. The van der Waals surface area contributed by atoms with Gasteiger partial charge in [0.15, 0.2) is 0 Å². The van der Waals surface area contributed by atoms with Gasteiger partial charge in [-0.3, -0.25) is 9.69 Å². The van der Waals surface area contributed by atoms with Gasteiger partial charge < -0.3 is 10.0 Å². The maximum Gasteiger partial charge on any atom is 0.240 e. The van der Waals surface area contributed by atoms with Crippen LogP contribution in [0.5, 0.6) is 0 Å². The van der Waals surface area contributed by atoms with E-state index in [0.717, 1.165) is 38.9 Å². The summed E-state index contributed by atoms with van der Waals surface area (Å²) >= 11 is 0. The van der Waals surface area contributed by atoms with Crippen LogP contribution in [0.2, 0.25) is 0 Å². The third-order valence-corrected chi connectivity index (χ3v) is 4.22. The first-order chi connectivity index (χ1) is 9.24. The first kappa shape index (κ1) is 14.5. The van der Waals surface area contributed by atoms with Crippen molar-refractivity contribution in [2.75, 3.05) is 32.8 Å². The molecule has 0 aromatic carbocycles. The number of aliphatic hydroxyl groups is 1. The number of likely N-dealkylation sites (N-methyl/N-ethyl adjacent to an activating group) is 1. The molecule has 1 unspecified atom stereocenters. The predicted octanol–water partition coefficient (Wildman–Crippen LogP) is 1.61. The molecule has 0 aromatic heterocycles. The van der Waals surface area contributed by atoms with Crippen LogP contribution in [0.25, 0.3) is 0 Å². The maximum atomic E-state index is 12.4. The second-order valence-electron chi connectivity index (χ2n) is 5.65. The van der Waals surface area contributed by atoms with Crippen LogP contribution in [-0.2, 0) is 4.79 Å². The molecule has 1 fully saturated rings. The normalized spacial score (nSPS) is 24.3. The van der Waals surface area contributed by atoms with E-state index in [0.29, 0.717) is 12.5 Å². The van der Waals surface area contributed by atoms with Crippen LogP contribution in [0.4, 0.5) is 0 Å². The molecule has 4 nitrogen and oxygen atoms in total. The van der Waals surface area contributed by atoms with E-state index in [9.17, 15) is 4.79 Å². The molecule has 2 aliphatic rings. The van der Waals surface area contributed by atoms with Crippen molar-refractivity contribution in [3.05, 3.63) is 11.8 Å². The minimum Gasteiger partial charge on any atom is -0.396 e. The van der Waals surface area contributed by atoms with E-state index < -0.39 is 0 Å². The van der Waals surface area contributed by atoms with Gasteiger partial charge in [-0.25, -0.2) is 0 Å². The van der Waals surface area contributed by atoms with E-state index in [2.05, 4.69) is 11.0 Å². The number of allylic oxidation sites excluding steroid dienone is 2. The highest BCUT2D eigenvalue weighted by Gasteiger charge is 2.26. The zero-order chi connectivity index (χ0) is 13.7. The van der Waals surface area contributed by atoms with Crippen LogP contribution < -0.4 is 0 Å². The molecule has 1 amide bonds. The number of hydrogen-bond donors (Lipinski definition) is 1. The van der Waals surface area contributed by atoms with Crippen molar-refractivity contribution in [2.45, 2.75) is 39.0 Å². The summed E-state index contributed by atoms with van der Waals surface area (Å²) in [5.74, 6) is 0.575. The Morgan fingerprint density at radius 3 is 2.95 bits per heavy atom. The molecule has 1 aliphatic carbocycles. The molecule has 0 bridgehead atoms. The smallest absolute Gasteiger partial charge is 0.240 e. The summed E-state index contributed by atoms with van der Waals surface area (Å²) in [6, 6.07) is 0. The quantitative estimate of drug-likeness (QED) is 0.822. The minimum absolute atomic E-state index is 0.217. The van der Waals surface area contributed by atoms with Gasteiger partial charge in [0, 0.05) is 25.4 Å². The van der Waals surface area contributed by atoms with Gasteiger partial charge in [0.05, 0.1) is 6.54 Å². The van der Waals surface area contributed by atoms with Gasteiger partial charge in [0.2, 0.25) is 5.91 Å². The number of rotatable bonds is 5. The Labute approximate surface area is 116 Å². The third kappa shape index (κ3) is 3.80. The number of amides is 1. The zero-order valence-electron chi connectivity index (χ0n) is 12.0. The van der Waals surface area contributed by atoms with Crippen molar-refractivity contribution in [2.24, 2.45) is 5.92 Å². The number of hydrogen-bond acceptors (Lipinski definition) is 3. The van der Waals surface area contributed by atoms with Gasteiger partial charge in [0.1, 0.15) is 0 Å². The van der Waals surface area contributed by atoms with Crippen molar-refractivity contribution in [1.82, 2.24) is 9.80 Å². The van der Waals surface area contributed by atoms with E-state index in [4.69, 9.17) is 5.11 Å². The van der Waals surface area contributed by atoms with E-state index in [1.54, 1.807) is 0 Å². The number of aliphatic hydroxyl groups excluding tert-OH is 1. The Morgan fingerprint density at radius 2 is 2.37 bits per heavy atom. The monoisotopic (exact) mass is 266 g/mol. The summed E-state index contributed by atoms with van der Waals surface area (Å²) in [5, 5.41) is 9.15. The molecule has 0 saturated carbocycles. The maximum absolute atomic E-state index is 12.4. The summed E-state index contributed by atoms with van der Waals surface area (Å²) in [4.78, 5) is 16.5. The summed E-state index contributed by atoms with van der Waals surface area (Å²) < 4.78 is 0. The van der Waals surface area contributed by atoms with Crippen LogP contribution in [0, 0.1) is 5.92 Å². The van der Waals surface area contributed by atoms with Gasteiger partial charge in [-0.05, 0) is 51.5 Å². The molecule has 2 rings (SSSR count). The first-order valence-electron chi connectivity index (χ1n) is 7.57. The zero-order valence-corrected chi connectivity index (χ0v) is 12.0. The molecule has 1 N–H and O–H groups in total. The lowest BCUT2D eigenvalue weighted by molar-refractivity contribution is -0.130. The fourth-order valence-corrected chi connectivity index (χ4v) is 3.09. The Bertz CT molecular complexity index is 341. The Hall–Kier alpha value is -0.870. The number of likely N-dealkylation sites (tertiary alicyclic amines) is 1. The Morgan fingerprint density at radius 1 is 1.53 bits per heavy atom. The third-order valence-electron chi connectivity index (χ3n) is 4.22. The fourth-order valence-electron chi connectivity index (χ4n) is 3.09. The summed E-state index contributed by atoms with van der Waals surface area (Å²) in [6.07, 6.45) is 7.84. The number of carbonyl (C=O) groups excluding carboxylic acids is 1. The van der Waals surface area contributed by atoms with E-state index >= 15 is 0 Å². The number of carbonyl (C=O) groups is 1. The van der Waals surface area contributed by atoms with Crippen molar-refractivity contribution < 1.29 is 9.90 Å². The van der Waals surface area contributed by atoms with Crippen LogP contribution in [0.15, 0.2) is 11.8 Å². The van der Waals surface area contributed by atoms with Crippen molar-refractivity contribution in [1.29, 1.82) is 0 Å². The number of nitrogens with zero attached hydrogens (tertiary/aromatic N) is 2. The highest BCUT2D eigenvalue weighted by Crippen LogP contribution is 2.22. The van der Waals surface area contributed by atoms with Crippen molar-refractivity contribution >= 4 is 5.91 Å². The molecule has 0 aromatic rings. The van der Waals surface area contributed by atoms with Gasteiger partial charge in [0.25, 0.3) is 0 Å². The average Bonchev–Trinajstić information content (AvgIpc) is 2.88. The van der Waals surface area contributed by atoms with Crippen LogP contribution in [-0.4, -0.2) is 53.6 Å². The molecule has 1 aliphatic heterocycles. The average molecular weight is 266 g/mol. The predicted molar refractivity (Wildman–Crippen MR) is 75.6 cm³/mol. The molecule has 108 valence electrons. The molecular formula is C15H26N2O2. The van der Waals surface area contributed by atoms with Gasteiger partial charge in [-0.2, -0.15) is 0 Å². The van der Waals surface area contributed by atoms with Crippen LogP contribution in [0.3, 0.4) is 0 Å². The molecule has 19 heavy (non-hydrogen) atoms. The van der Waals surface area contributed by atoms with Crippen molar-refractivity contribution in [3.63, 3.8) is 0 Å². The standard InChI is InChI=1S/C15H26N2O2/c1-2-17(14-6-4-3-5-7-14)15(19)11-16-9-8-13(10-16)12-18/h6,13,18H,2-5,7-12H2,1H3. The summed E-state index contributed by atoms with van der Waals surface area (Å²) in [7, 11) is 0. The summed E-state index contributed by atoms with van der Waals surface area (Å²) in [5.41, 5.74) is 1.22. The van der Waals surface area contributed by atoms with E-state index in [1.165, 1.54) is 18.5 Å². The van der Waals surface area contributed by atoms with Gasteiger partial charge in [-0.1, -0.05) is 6.08 Å². The van der Waals surface area contributed by atoms with Gasteiger partial charge in [-0.15, -0.1) is 0 Å². The second kappa shape index (κ2) is 7.06. The lowest BCUT2D eigenvalue weighted by Crippen LogP contribution is -2.39. The minimum atomic E-state index is 0.217. The van der Waals surface area contributed by atoms with E-state index in [1.807, 2.05) is 11.8 Å². The highest BCUT2D eigenvalue weighted by atomic mass is 16.3. The summed E-state index contributed by atoms with van der Waals surface area (Å²) in [6.45, 7) is 5.36. The molecule has 1 heterocycles. The molecule has 0 radical (unpaired) electrons. The van der Waals surface area contributed by atoms with E-state index in [-0.39, 0.29) is 12.5 Å². The topological polar surface area (TPSA) is 43.8 Å². The lowest BCUT2D eigenvalue weighted by atomic mass is 10.0. The fraction of sp³-hybridized carbons (Fsp3) is 0.800. The molecule has 0 spiro atoms. The highest BCUT2D eigenvalue weighted by molar-refractivity contribution is 5.80. The Balaban J connectivity index is 1.88. The molecular weight excluding hydrogens is 240 g/mol. The lowest BCUT2D eigenvalue weighted by Gasteiger charge is -2.28. The largest absolute Gasteiger partial charge is 0.396 e. The Kier molecular flexibility index (Phi) is 5.40. The SMILES string of the molecule is CCN(C(=O)CN1CCC(CO)C1)C1=CCCCC1. The first-order valence-corrected chi connectivity index (χ1v) is 7.57.